The Morgan fingerprint density at radius 2 is 2.13 bits per heavy atom. The van der Waals surface area contributed by atoms with Gasteiger partial charge in [-0.25, -0.2) is 0 Å². The molecule has 2 heterocycles. The molecule has 0 aromatic heterocycles. The minimum absolute atomic E-state index is 0.0767. The molecule has 0 spiro atoms. The third-order valence-corrected chi connectivity index (χ3v) is 7.28. The molecule has 0 saturated carbocycles. The van der Waals surface area contributed by atoms with E-state index in [1.165, 1.54) is 0 Å². The van der Waals surface area contributed by atoms with Gasteiger partial charge in [0.05, 0.1) is 10.6 Å². The second-order valence-corrected chi connectivity index (χ2v) is 8.58. The van der Waals surface area contributed by atoms with Crippen molar-refractivity contribution in [2.24, 2.45) is 0 Å². The van der Waals surface area contributed by atoms with E-state index >= 15 is 0 Å². The van der Waals surface area contributed by atoms with E-state index < -0.39 is 0 Å². The zero-order valence-corrected chi connectivity index (χ0v) is 15.2. The Kier molecular flexibility index (Phi) is 4.92. The lowest BCUT2D eigenvalue weighted by molar-refractivity contribution is -0.145. The SMILES string of the molecule is CCN(Cc1ccccc1)C(=O)[C@@H]1CS[C@]2(C)CSCC(=O)N12. The van der Waals surface area contributed by atoms with Crippen molar-refractivity contribution >= 4 is 35.3 Å². The Hall–Kier alpha value is -1.14. The third-order valence-electron chi connectivity index (χ3n) is 4.43. The molecule has 2 saturated heterocycles. The standard InChI is InChI=1S/C17H22N2O2S2/c1-3-18(9-13-7-5-4-6-8-13)16(21)14-10-23-17(2)12-22-11-15(20)19(14)17/h4-8,14H,3,9-12H2,1-2H3/t14-,17+/m0/s1. The predicted octanol–water partition coefficient (Wildman–Crippen LogP) is 2.44. The highest BCUT2D eigenvalue weighted by Crippen LogP contribution is 2.44. The summed E-state index contributed by atoms with van der Waals surface area (Å²) in [5, 5.41) is 0. The quantitative estimate of drug-likeness (QED) is 0.836. The Morgan fingerprint density at radius 3 is 2.83 bits per heavy atom. The van der Waals surface area contributed by atoms with E-state index in [-0.39, 0.29) is 22.7 Å². The molecule has 2 amide bonds. The fourth-order valence-corrected chi connectivity index (χ4v) is 5.91. The molecule has 0 aliphatic carbocycles. The van der Waals surface area contributed by atoms with E-state index in [9.17, 15) is 9.59 Å². The molecule has 0 unspecified atom stereocenters. The Labute approximate surface area is 146 Å². The van der Waals surface area contributed by atoms with E-state index in [1.807, 2.05) is 47.1 Å². The largest absolute Gasteiger partial charge is 0.337 e. The topological polar surface area (TPSA) is 40.6 Å². The summed E-state index contributed by atoms with van der Waals surface area (Å²) in [6.45, 7) is 5.34. The van der Waals surface area contributed by atoms with Crippen LogP contribution in [-0.2, 0) is 16.1 Å². The zero-order chi connectivity index (χ0) is 16.4. The van der Waals surface area contributed by atoms with Gasteiger partial charge in [0.2, 0.25) is 11.8 Å². The van der Waals surface area contributed by atoms with Gasteiger partial charge < -0.3 is 9.80 Å². The summed E-state index contributed by atoms with van der Waals surface area (Å²) in [6, 6.07) is 9.70. The van der Waals surface area contributed by atoms with Crippen molar-refractivity contribution in [2.75, 3.05) is 23.8 Å². The highest BCUT2D eigenvalue weighted by Gasteiger charge is 2.51. The fraction of sp³-hybridized carbons (Fsp3) is 0.529. The molecule has 2 fully saturated rings. The number of likely N-dealkylation sites (N-methyl/N-ethyl adjacent to an activating group) is 1. The summed E-state index contributed by atoms with van der Waals surface area (Å²) in [5.74, 6) is 2.27. The molecule has 23 heavy (non-hydrogen) atoms. The second kappa shape index (κ2) is 6.77. The van der Waals surface area contributed by atoms with Gasteiger partial charge in [0.25, 0.3) is 0 Å². The zero-order valence-electron chi connectivity index (χ0n) is 13.5. The smallest absolute Gasteiger partial charge is 0.246 e. The maximum absolute atomic E-state index is 13.0. The number of carbonyl (C=O) groups is 2. The molecule has 6 heteroatoms. The number of thioether (sulfide) groups is 2. The maximum atomic E-state index is 13.0. The highest BCUT2D eigenvalue weighted by atomic mass is 32.2. The van der Waals surface area contributed by atoms with Gasteiger partial charge in [0.1, 0.15) is 6.04 Å². The first-order valence-electron chi connectivity index (χ1n) is 7.92. The van der Waals surface area contributed by atoms with Gasteiger partial charge in [0, 0.05) is 24.6 Å². The highest BCUT2D eigenvalue weighted by molar-refractivity contribution is 8.04. The van der Waals surface area contributed by atoms with Crippen molar-refractivity contribution in [3.8, 4) is 0 Å². The minimum atomic E-state index is -0.318. The molecular formula is C17H22N2O2S2. The number of fused-ring (bicyclic) bond motifs is 1. The van der Waals surface area contributed by atoms with Crippen LogP contribution in [0.2, 0.25) is 0 Å². The number of nitrogens with zero attached hydrogens (tertiary/aromatic N) is 2. The monoisotopic (exact) mass is 350 g/mol. The summed E-state index contributed by atoms with van der Waals surface area (Å²) < 4.78 is 0. The summed E-state index contributed by atoms with van der Waals surface area (Å²) in [5.41, 5.74) is 1.12. The van der Waals surface area contributed by atoms with E-state index in [1.54, 1.807) is 23.5 Å². The van der Waals surface area contributed by atoms with Crippen molar-refractivity contribution < 1.29 is 9.59 Å². The van der Waals surface area contributed by atoms with Gasteiger partial charge in [-0.1, -0.05) is 30.3 Å². The molecule has 4 nitrogen and oxygen atoms in total. The van der Waals surface area contributed by atoms with Crippen LogP contribution in [0.1, 0.15) is 19.4 Å². The van der Waals surface area contributed by atoms with E-state index in [4.69, 9.17) is 0 Å². The van der Waals surface area contributed by atoms with Crippen LogP contribution in [0.15, 0.2) is 30.3 Å². The molecule has 124 valence electrons. The average Bonchev–Trinajstić information content (AvgIpc) is 2.92. The lowest BCUT2D eigenvalue weighted by atomic mass is 10.1. The van der Waals surface area contributed by atoms with Gasteiger partial charge in [0.15, 0.2) is 0 Å². The van der Waals surface area contributed by atoms with Gasteiger partial charge in [-0.15, -0.1) is 23.5 Å². The molecule has 0 N–H and O–H groups in total. The molecule has 1 aromatic rings. The second-order valence-electron chi connectivity index (χ2n) is 6.10. The van der Waals surface area contributed by atoms with Crippen molar-refractivity contribution in [3.63, 3.8) is 0 Å². The number of rotatable bonds is 4. The van der Waals surface area contributed by atoms with Crippen LogP contribution in [0.25, 0.3) is 0 Å². The van der Waals surface area contributed by atoms with Crippen molar-refractivity contribution in [3.05, 3.63) is 35.9 Å². The molecule has 0 radical (unpaired) electrons. The van der Waals surface area contributed by atoms with Crippen molar-refractivity contribution in [1.29, 1.82) is 0 Å². The van der Waals surface area contributed by atoms with E-state index in [0.29, 0.717) is 24.6 Å². The summed E-state index contributed by atoms with van der Waals surface area (Å²) in [4.78, 5) is 28.9. The molecule has 1 aromatic carbocycles. The van der Waals surface area contributed by atoms with Crippen LogP contribution < -0.4 is 0 Å². The molecule has 3 rings (SSSR count). The Morgan fingerprint density at radius 1 is 1.39 bits per heavy atom. The Bertz CT molecular complexity index is 596. The number of benzene rings is 1. The average molecular weight is 351 g/mol. The molecule has 2 aliphatic heterocycles. The van der Waals surface area contributed by atoms with Crippen LogP contribution in [-0.4, -0.2) is 56.3 Å². The fourth-order valence-electron chi connectivity index (χ4n) is 3.22. The molecule has 2 aliphatic rings. The van der Waals surface area contributed by atoms with Gasteiger partial charge >= 0.3 is 0 Å². The van der Waals surface area contributed by atoms with Crippen molar-refractivity contribution in [2.45, 2.75) is 31.3 Å². The first kappa shape index (κ1) is 16.7. The minimum Gasteiger partial charge on any atom is -0.337 e. The molecule has 0 bridgehead atoms. The third kappa shape index (κ3) is 3.24. The van der Waals surface area contributed by atoms with Gasteiger partial charge in [-0.2, -0.15) is 0 Å². The van der Waals surface area contributed by atoms with E-state index in [2.05, 4.69) is 6.92 Å². The number of amides is 2. The first-order valence-corrected chi connectivity index (χ1v) is 10.1. The number of carbonyl (C=O) groups excluding carboxylic acids is 2. The lowest BCUT2D eigenvalue weighted by Crippen LogP contribution is -2.57. The maximum Gasteiger partial charge on any atom is 0.246 e. The van der Waals surface area contributed by atoms with Crippen LogP contribution in [0.4, 0.5) is 0 Å². The summed E-state index contributed by atoms with van der Waals surface area (Å²) in [6.07, 6.45) is 0. The summed E-state index contributed by atoms with van der Waals surface area (Å²) in [7, 11) is 0. The summed E-state index contributed by atoms with van der Waals surface area (Å²) >= 11 is 3.41. The normalized spacial score (nSPS) is 27.0. The van der Waals surface area contributed by atoms with Gasteiger partial charge in [-0.05, 0) is 19.4 Å². The van der Waals surface area contributed by atoms with Crippen LogP contribution >= 0.6 is 23.5 Å². The molecule has 2 atom stereocenters. The van der Waals surface area contributed by atoms with Crippen molar-refractivity contribution in [1.82, 2.24) is 9.80 Å². The van der Waals surface area contributed by atoms with Crippen LogP contribution in [0.3, 0.4) is 0 Å². The first-order chi connectivity index (χ1) is 11.0. The van der Waals surface area contributed by atoms with E-state index in [0.717, 1.165) is 11.3 Å². The van der Waals surface area contributed by atoms with Crippen LogP contribution in [0, 0.1) is 0 Å². The predicted molar refractivity (Wildman–Crippen MR) is 96.4 cm³/mol. The Balaban J connectivity index is 1.77. The number of hydrogen-bond acceptors (Lipinski definition) is 4. The lowest BCUT2D eigenvalue weighted by Gasteiger charge is -2.41. The van der Waals surface area contributed by atoms with Crippen LogP contribution in [0.5, 0.6) is 0 Å². The molecular weight excluding hydrogens is 328 g/mol. The number of hydrogen-bond donors (Lipinski definition) is 0. The van der Waals surface area contributed by atoms with Gasteiger partial charge in [-0.3, -0.25) is 9.59 Å².